The van der Waals surface area contributed by atoms with E-state index in [9.17, 15) is 9.59 Å². The fourth-order valence-corrected chi connectivity index (χ4v) is 3.07. The molecule has 0 radical (unpaired) electrons. The number of aryl methyl sites for hydroxylation is 1. The van der Waals surface area contributed by atoms with E-state index in [0.29, 0.717) is 10.8 Å². The summed E-state index contributed by atoms with van der Waals surface area (Å²) in [4.78, 5) is 29.3. The van der Waals surface area contributed by atoms with E-state index in [2.05, 4.69) is 10.1 Å². The summed E-state index contributed by atoms with van der Waals surface area (Å²) >= 11 is 5.88. The number of nitrogens with zero attached hydrogens (tertiary/aromatic N) is 4. The summed E-state index contributed by atoms with van der Waals surface area (Å²) in [5.41, 5.74) is 1.49. The third kappa shape index (κ3) is 4.20. The molecule has 0 aliphatic rings. The number of aromatic nitrogens is 4. The third-order valence-electron chi connectivity index (χ3n) is 4.45. The molecule has 0 saturated carbocycles. The molecule has 0 N–H and O–H groups in total. The van der Waals surface area contributed by atoms with Crippen LogP contribution >= 0.6 is 11.6 Å². The van der Waals surface area contributed by atoms with Crippen molar-refractivity contribution in [1.29, 1.82) is 0 Å². The van der Waals surface area contributed by atoms with Crippen molar-refractivity contribution in [2.45, 2.75) is 20.0 Å². The van der Waals surface area contributed by atoms with E-state index in [1.54, 1.807) is 18.3 Å². The number of hydrogen-bond acceptors (Lipinski definition) is 5. The Bertz CT molecular complexity index is 1270. The fourth-order valence-electron chi connectivity index (χ4n) is 2.94. The van der Waals surface area contributed by atoms with Crippen LogP contribution < -0.4 is 11.1 Å². The molecule has 146 valence electrons. The van der Waals surface area contributed by atoms with Crippen LogP contribution in [0.4, 0.5) is 0 Å². The lowest BCUT2D eigenvalue weighted by molar-refractivity contribution is 0.369. The normalized spacial score (nSPS) is 11.0. The van der Waals surface area contributed by atoms with E-state index >= 15 is 0 Å². The average molecular weight is 409 g/mol. The van der Waals surface area contributed by atoms with Gasteiger partial charge in [-0.2, -0.15) is 4.98 Å². The van der Waals surface area contributed by atoms with Gasteiger partial charge >= 0.3 is 11.1 Å². The Morgan fingerprint density at radius 1 is 0.966 bits per heavy atom. The van der Waals surface area contributed by atoms with Crippen molar-refractivity contribution in [3.8, 4) is 11.4 Å². The highest BCUT2D eigenvalue weighted by Gasteiger charge is 2.12. The molecule has 29 heavy (non-hydrogen) atoms. The Morgan fingerprint density at radius 2 is 1.66 bits per heavy atom. The van der Waals surface area contributed by atoms with Crippen molar-refractivity contribution < 1.29 is 4.52 Å². The van der Waals surface area contributed by atoms with Crippen molar-refractivity contribution in [3.05, 3.63) is 104 Å². The highest BCUT2D eigenvalue weighted by Crippen LogP contribution is 2.17. The first-order chi connectivity index (χ1) is 14.0. The van der Waals surface area contributed by atoms with Gasteiger partial charge in [0.1, 0.15) is 6.54 Å². The molecule has 0 amide bonds. The van der Waals surface area contributed by atoms with E-state index in [4.69, 9.17) is 16.1 Å². The van der Waals surface area contributed by atoms with Gasteiger partial charge in [-0.3, -0.25) is 14.2 Å². The van der Waals surface area contributed by atoms with Crippen molar-refractivity contribution in [1.82, 2.24) is 19.3 Å². The van der Waals surface area contributed by atoms with Gasteiger partial charge in [0.2, 0.25) is 11.7 Å². The molecule has 2 aromatic heterocycles. The molecule has 0 fully saturated rings. The second kappa shape index (κ2) is 7.89. The van der Waals surface area contributed by atoms with Gasteiger partial charge in [-0.15, -0.1) is 0 Å². The number of hydrogen-bond donors (Lipinski definition) is 0. The minimum Gasteiger partial charge on any atom is -0.337 e. The van der Waals surface area contributed by atoms with Gasteiger partial charge < -0.3 is 9.09 Å². The lowest BCUT2D eigenvalue weighted by Crippen LogP contribution is -2.40. The van der Waals surface area contributed by atoms with Gasteiger partial charge in [-0.25, -0.2) is 0 Å². The summed E-state index contributed by atoms with van der Waals surface area (Å²) in [5.74, 6) is 0.686. The molecule has 0 bridgehead atoms. The van der Waals surface area contributed by atoms with Gasteiger partial charge in [0.05, 0.1) is 6.54 Å². The lowest BCUT2D eigenvalue weighted by atomic mass is 10.1. The topological polar surface area (TPSA) is 82.9 Å². The monoisotopic (exact) mass is 408 g/mol. The van der Waals surface area contributed by atoms with Gasteiger partial charge in [0.25, 0.3) is 0 Å². The maximum atomic E-state index is 12.5. The van der Waals surface area contributed by atoms with E-state index in [0.717, 1.165) is 16.7 Å². The second-order valence-electron chi connectivity index (χ2n) is 6.67. The molecule has 2 aromatic carbocycles. The molecular weight excluding hydrogens is 392 g/mol. The van der Waals surface area contributed by atoms with Gasteiger partial charge in [-0.05, 0) is 30.7 Å². The summed E-state index contributed by atoms with van der Waals surface area (Å²) in [6.07, 6.45) is 3.10. The quantitative estimate of drug-likeness (QED) is 0.474. The molecule has 0 spiro atoms. The van der Waals surface area contributed by atoms with Crippen LogP contribution in [0.2, 0.25) is 5.02 Å². The molecule has 2 heterocycles. The number of benzene rings is 2. The molecule has 4 aromatic rings. The van der Waals surface area contributed by atoms with Crippen LogP contribution in [-0.2, 0) is 13.1 Å². The SMILES string of the molecule is Cc1cccc(-c2noc(Cn3ccn(Cc4ccc(Cl)cc4)c(=O)c3=O)n2)c1. The number of halogens is 1. The van der Waals surface area contributed by atoms with Crippen LogP contribution in [0.25, 0.3) is 11.4 Å². The van der Waals surface area contributed by atoms with E-state index in [1.165, 1.54) is 15.3 Å². The zero-order chi connectivity index (χ0) is 20.4. The summed E-state index contributed by atoms with van der Waals surface area (Å²) in [6, 6.07) is 14.8. The minimum absolute atomic E-state index is 0.0225. The molecule has 4 rings (SSSR count). The van der Waals surface area contributed by atoms with Crippen molar-refractivity contribution in [2.24, 2.45) is 0 Å². The van der Waals surface area contributed by atoms with Gasteiger partial charge in [-0.1, -0.05) is 52.7 Å². The summed E-state index contributed by atoms with van der Waals surface area (Å²) < 4.78 is 7.87. The second-order valence-corrected chi connectivity index (χ2v) is 7.11. The number of rotatable bonds is 5. The molecule has 0 aliphatic heterocycles. The first-order valence-corrected chi connectivity index (χ1v) is 9.31. The fraction of sp³-hybridized carbons (Fsp3) is 0.143. The van der Waals surface area contributed by atoms with Crippen LogP contribution in [-0.4, -0.2) is 19.3 Å². The first kappa shape index (κ1) is 18.9. The lowest BCUT2D eigenvalue weighted by Gasteiger charge is -2.08. The predicted octanol–water partition coefficient (Wildman–Crippen LogP) is 3.12. The maximum absolute atomic E-state index is 12.5. The van der Waals surface area contributed by atoms with Crippen LogP contribution in [0.5, 0.6) is 0 Å². The largest absolute Gasteiger partial charge is 0.337 e. The molecule has 0 unspecified atom stereocenters. The summed E-state index contributed by atoms with van der Waals surface area (Å²) in [6.45, 7) is 2.28. The molecule has 8 heteroatoms. The van der Waals surface area contributed by atoms with Crippen LogP contribution in [0.3, 0.4) is 0 Å². The van der Waals surface area contributed by atoms with Crippen molar-refractivity contribution in [2.75, 3.05) is 0 Å². The van der Waals surface area contributed by atoms with Crippen LogP contribution in [0.1, 0.15) is 17.0 Å². The first-order valence-electron chi connectivity index (χ1n) is 8.93. The smallest absolute Gasteiger partial charge is 0.316 e. The maximum Gasteiger partial charge on any atom is 0.316 e. The van der Waals surface area contributed by atoms with Gasteiger partial charge in [0, 0.05) is 23.0 Å². The highest BCUT2D eigenvalue weighted by atomic mass is 35.5. The molecular formula is C21H17ClN4O3. The van der Waals surface area contributed by atoms with Crippen LogP contribution in [0, 0.1) is 6.92 Å². The standard InChI is InChI=1S/C21H17ClN4O3/c1-14-3-2-4-16(11-14)19-23-18(29-24-19)13-26-10-9-25(20(27)21(26)28)12-15-5-7-17(22)8-6-15/h2-11H,12-13H2,1H3. The van der Waals surface area contributed by atoms with Gasteiger partial charge in [0.15, 0.2) is 0 Å². The predicted molar refractivity (Wildman–Crippen MR) is 109 cm³/mol. The van der Waals surface area contributed by atoms with E-state index in [1.807, 2.05) is 43.3 Å². The summed E-state index contributed by atoms with van der Waals surface area (Å²) in [5, 5.41) is 4.57. The molecule has 0 aliphatic carbocycles. The van der Waals surface area contributed by atoms with Crippen molar-refractivity contribution in [3.63, 3.8) is 0 Å². The van der Waals surface area contributed by atoms with Crippen molar-refractivity contribution >= 4 is 11.6 Å². The Balaban J connectivity index is 1.56. The third-order valence-corrected chi connectivity index (χ3v) is 4.70. The molecule has 0 saturated heterocycles. The Hall–Kier alpha value is -3.45. The van der Waals surface area contributed by atoms with E-state index in [-0.39, 0.29) is 19.0 Å². The summed E-state index contributed by atoms with van der Waals surface area (Å²) in [7, 11) is 0. The Labute approximate surface area is 170 Å². The highest BCUT2D eigenvalue weighted by molar-refractivity contribution is 6.30. The zero-order valence-corrected chi connectivity index (χ0v) is 16.3. The Morgan fingerprint density at radius 3 is 2.34 bits per heavy atom. The Kier molecular flexibility index (Phi) is 5.14. The molecule has 0 atom stereocenters. The van der Waals surface area contributed by atoms with Crippen LogP contribution in [0.15, 0.2) is 75.0 Å². The molecule has 7 nitrogen and oxygen atoms in total. The van der Waals surface area contributed by atoms with E-state index < -0.39 is 11.1 Å². The average Bonchev–Trinajstić information content (AvgIpc) is 3.18. The minimum atomic E-state index is -0.656. The zero-order valence-electron chi connectivity index (χ0n) is 15.6.